The Morgan fingerprint density at radius 2 is 2.21 bits per heavy atom. The lowest BCUT2D eigenvalue weighted by atomic mass is 9.94. The van der Waals surface area contributed by atoms with Gasteiger partial charge in [-0.25, -0.2) is 9.59 Å². The van der Waals surface area contributed by atoms with E-state index in [1.807, 2.05) is 0 Å². The number of nitro benzene ring substituents is 1. The smallest absolute Gasteiger partial charge is 0.338 e. The number of amides is 2. The van der Waals surface area contributed by atoms with Crippen molar-refractivity contribution in [2.75, 3.05) is 19.5 Å². The van der Waals surface area contributed by atoms with Gasteiger partial charge in [-0.15, -0.1) is 11.6 Å². The van der Waals surface area contributed by atoms with Crippen LogP contribution >= 0.6 is 11.6 Å². The summed E-state index contributed by atoms with van der Waals surface area (Å²) in [5.74, 6) is -0.708. The molecule has 8 nitrogen and oxygen atoms in total. The average molecular weight is 354 g/mol. The predicted octanol–water partition coefficient (Wildman–Crippen LogP) is 2.35. The Morgan fingerprint density at radius 3 is 2.79 bits per heavy atom. The number of allylic oxidation sites excluding steroid dienone is 1. The van der Waals surface area contributed by atoms with Gasteiger partial charge in [0.15, 0.2) is 0 Å². The molecule has 1 heterocycles. The first-order chi connectivity index (χ1) is 11.4. The lowest BCUT2D eigenvalue weighted by Crippen LogP contribution is -2.47. The molecule has 0 aliphatic carbocycles. The van der Waals surface area contributed by atoms with Gasteiger partial charge in [0.1, 0.15) is 0 Å². The third-order valence-corrected chi connectivity index (χ3v) is 3.87. The van der Waals surface area contributed by atoms with E-state index in [9.17, 15) is 19.7 Å². The van der Waals surface area contributed by atoms with Crippen LogP contribution in [0.5, 0.6) is 0 Å². The van der Waals surface area contributed by atoms with Crippen molar-refractivity contribution in [2.24, 2.45) is 0 Å². The summed E-state index contributed by atoms with van der Waals surface area (Å²) in [5, 5.41) is 13.6. The molecule has 0 saturated carbocycles. The second-order valence-electron chi connectivity index (χ2n) is 5.01. The van der Waals surface area contributed by atoms with Crippen LogP contribution in [0.15, 0.2) is 35.5 Å². The second-order valence-corrected chi connectivity index (χ2v) is 5.28. The molecule has 2 amide bonds. The zero-order valence-corrected chi connectivity index (χ0v) is 13.9. The Kier molecular flexibility index (Phi) is 5.40. The molecule has 1 aromatic carbocycles. The van der Waals surface area contributed by atoms with Crippen LogP contribution in [0.4, 0.5) is 10.5 Å². The maximum atomic E-state index is 12.4. The minimum absolute atomic E-state index is 0.0799. The molecule has 0 bridgehead atoms. The Bertz CT molecular complexity index is 719. The molecule has 0 aromatic heterocycles. The number of non-ortho nitro benzene ring substituents is 1. The van der Waals surface area contributed by atoms with Crippen molar-refractivity contribution in [3.63, 3.8) is 0 Å². The molecule has 1 N–H and O–H groups in total. The lowest BCUT2D eigenvalue weighted by Gasteiger charge is -2.33. The van der Waals surface area contributed by atoms with Crippen LogP contribution in [0.1, 0.15) is 18.5 Å². The molecule has 0 spiro atoms. The summed E-state index contributed by atoms with van der Waals surface area (Å²) in [6, 6.07) is 4.38. The topological polar surface area (TPSA) is 102 Å². The van der Waals surface area contributed by atoms with Crippen LogP contribution in [-0.2, 0) is 9.53 Å². The predicted molar refractivity (Wildman–Crippen MR) is 86.5 cm³/mol. The Morgan fingerprint density at radius 1 is 1.50 bits per heavy atom. The molecule has 2 rings (SSSR count). The zero-order chi connectivity index (χ0) is 17.9. The van der Waals surface area contributed by atoms with E-state index in [1.165, 1.54) is 30.1 Å². The maximum absolute atomic E-state index is 12.4. The largest absolute Gasteiger partial charge is 0.463 e. The molecular formula is C15H16ClN3O5. The number of carbonyl (C=O) groups is 2. The first kappa shape index (κ1) is 17.7. The molecule has 9 heteroatoms. The van der Waals surface area contributed by atoms with E-state index >= 15 is 0 Å². The van der Waals surface area contributed by atoms with E-state index in [1.54, 1.807) is 13.0 Å². The number of nitro groups is 1. The lowest BCUT2D eigenvalue weighted by molar-refractivity contribution is -0.384. The van der Waals surface area contributed by atoms with Gasteiger partial charge in [-0.05, 0) is 12.5 Å². The number of ether oxygens (including phenoxy) is 1. The fraction of sp³-hybridized carbons (Fsp3) is 0.333. The third kappa shape index (κ3) is 3.33. The fourth-order valence-electron chi connectivity index (χ4n) is 2.44. The Balaban J connectivity index is 2.58. The number of esters is 1. The highest BCUT2D eigenvalue weighted by Gasteiger charge is 2.36. The Hall–Kier alpha value is -2.61. The minimum atomic E-state index is -0.874. The number of carbonyl (C=O) groups excluding carboxylic acids is 2. The quantitative estimate of drug-likeness (QED) is 0.379. The van der Waals surface area contributed by atoms with Gasteiger partial charge in [0.2, 0.25) is 0 Å². The van der Waals surface area contributed by atoms with Gasteiger partial charge in [-0.1, -0.05) is 12.1 Å². The molecule has 1 aromatic rings. The summed E-state index contributed by atoms with van der Waals surface area (Å²) in [6.07, 6.45) is 0. The van der Waals surface area contributed by atoms with Crippen molar-refractivity contribution in [3.8, 4) is 0 Å². The number of nitrogens with one attached hydrogen (secondary N) is 1. The number of urea groups is 1. The molecule has 1 atom stereocenters. The summed E-state index contributed by atoms with van der Waals surface area (Å²) in [5.41, 5.74) is 0.720. The molecule has 24 heavy (non-hydrogen) atoms. The molecule has 0 saturated heterocycles. The van der Waals surface area contributed by atoms with E-state index in [0.717, 1.165) is 0 Å². The van der Waals surface area contributed by atoms with Gasteiger partial charge < -0.3 is 10.1 Å². The van der Waals surface area contributed by atoms with Gasteiger partial charge in [-0.3, -0.25) is 15.0 Å². The fourth-order valence-corrected chi connectivity index (χ4v) is 2.76. The van der Waals surface area contributed by atoms with Gasteiger partial charge in [0, 0.05) is 24.9 Å². The first-order valence-corrected chi connectivity index (χ1v) is 7.68. The number of nitrogens with zero attached hydrogens (tertiary/aromatic N) is 2. The van der Waals surface area contributed by atoms with Crippen molar-refractivity contribution in [1.29, 1.82) is 0 Å². The van der Waals surface area contributed by atoms with Crippen molar-refractivity contribution in [1.82, 2.24) is 10.2 Å². The monoisotopic (exact) mass is 353 g/mol. The molecular weight excluding hydrogens is 338 g/mol. The highest BCUT2D eigenvalue weighted by molar-refractivity contribution is 6.20. The SMILES string of the molecule is CCOC(=O)C1=C(CCl)N(C)C(=O)N[C@@H]1c1cccc([N+](=O)[O-])c1. The minimum Gasteiger partial charge on any atom is -0.463 e. The van der Waals surface area contributed by atoms with Crippen LogP contribution in [0.2, 0.25) is 0 Å². The normalized spacial score (nSPS) is 17.5. The molecule has 1 aliphatic rings. The number of halogens is 1. The Labute approximate surface area is 143 Å². The molecule has 0 fully saturated rings. The van der Waals surface area contributed by atoms with Crippen molar-refractivity contribution in [3.05, 3.63) is 51.2 Å². The van der Waals surface area contributed by atoms with Crippen LogP contribution in [0.3, 0.4) is 0 Å². The first-order valence-electron chi connectivity index (χ1n) is 7.15. The maximum Gasteiger partial charge on any atom is 0.338 e. The summed E-state index contributed by atoms with van der Waals surface area (Å²) >= 11 is 5.92. The van der Waals surface area contributed by atoms with Crippen LogP contribution in [-0.4, -0.2) is 41.4 Å². The van der Waals surface area contributed by atoms with Gasteiger partial charge in [0.05, 0.1) is 29.0 Å². The van der Waals surface area contributed by atoms with E-state index in [4.69, 9.17) is 16.3 Å². The zero-order valence-electron chi connectivity index (χ0n) is 13.1. The van der Waals surface area contributed by atoms with Crippen molar-refractivity contribution >= 4 is 29.3 Å². The van der Waals surface area contributed by atoms with Gasteiger partial charge in [0.25, 0.3) is 5.69 Å². The number of benzene rings is 1. The van der Waals surface area contributed by atoms with E-state index in [0.29, 0.717) is 11.3 Å². The number of alkyl halides is 1. The van der Waals surface area contributed by atoms with Crippen molar-refractivity contribution in [2.45, 2.75) is 13.0 Å². The highest BCUT2D eigenvalue weighted by Crippen LogP contribution is 2.32. The van der Waals surface area contributed by atoms with Crippen LogP contribution < -0.4 is 5.32 Å². The van der Waals surface area contributed by atoms with Crippen LogP contribution in [0.25, 0.3) is 0 Å². The number of rotatable bonds is 5. The number of hydrogen-bond acceptors (Lipinski definition) is 5. The molecule has 0 radical (unpaired) electrons. The van der Waals surface area contributed by atoms with Crippen molar-refractivity contribution < 1.29 is 19.2 Å². The van der Waals surface area contributed by atoms with E-state index in [-0.39, 0.29) is 23.7 Å². The molecule has 128 valence electrons. The standard InChI is InChI=1S/C15H16ClN3O5/c1-3-24-14(20)12-11(8-16)18(2)15(21)17-13(12)9-5-4-6-10(7-9)19(22)23/h4-7,13H,3,8H2,1-2H3,(H,17,21)/t13-/m1/s1. The molecule has 1 aliphatic heterocycles. The number of hydrogen-bond donors (Lipinski definition) is 1. The summed E-state index contributed by atoms with van der Waals surface area (Å²) in [7, 11) is 1.48. The summed E-state index contributed by atoms with van der Waals surface area (Å²) in [6.45, 7) is 1.81. The van der Waals surface area contributed by atoms with Crippen LogP contribution in [0, 0.1) is 10.1 Å². The molecule has 0 unspecified atom stereocenters. The highest BCUT2D eigenvalue weighted by atomic mass is 35.5. The van der Waals surface area contributed by atoms with Gasteiger partial charge in [-0.2, -0.15) is 0 Å². The average Bonchev–Trinajstić information content (AvgIpc) is 2.56. The second kappa shape index (κ2) is 7.31. The van der Waals surface area contributed by atoms with E-state index < -0.39 is 23.0 Å². The van der Waals surface area contributed by atoms with Gasteiger partial charge >= 0.3 is 12.0 Å². The third-order valence-electron chi connectivity index (χ3n) is 3.61. The van der Waals surface area contributed by atoms with E-state index in [2.05, 4.69) is 5.32 Å². The summed E-state index contributed by atoms with van der Waals surface area (Å²) < 4.78 is 5.06. The summed E-state index contributed by atoms with van der Waals surface area (Å²) in [4.78, 5) is 36.2.